The van der Waals surface area contributed by atoms with Gasteiger partial charge in [-0.3, -0.25) is 9.69 Å². The normalized spacial score (nSPS) is 18.3. The van der Waals surface area contributed by atoms with Crippen LogP contribution in [-0.4, -0.2) is 49.7 Å². The summed E-state index contributed by atoms with van der Waals surface area (Å²) in [5.74, 6) is 0.155. The van der Waals surface area contributed by atoms with Crippen LogP contribution in [0.2, 0.25) is 0 Å². The van der Waals surface area contributed by atoms with Gasteiger partial charge in [0, 0.05) is 38.4 Å². The van der Waals surface area contributed by atoms with Crippen LogP contribution in [0.15, 0.2) is 48.5 Å². The van der Waals surface area contributed by atoms with Gasteiger partial charge in [-0.15, -0.1) is 0 Å². The van der Waals surface area contributed by atoms with Gasteiger partial charge in [-0.1, -0.05) is 42.5 Å². The van der Waals surface area contributed by atoms with E-state index in [-0.39, 0.29) is 11.9 Å². The van der Waals surface area contributed by atoms with Crippen molar-refractivity contribution in [3.63, 3.8) is 0 Å². The maximum Gasteiger partial charge on any atom is 0.243 e. The van der Waals surface area contributed by atoms with Crippen LogP contribution in [-0.2, 0) is 29.0 Å². The van der Waals surface area contributed by atoms with Gasteiger partial charge in [0.15, 0.2) is 0 Å². The number of carbonyl (C=O) groups excluding carboxylic acids is 1. The quantitative estimate of drug-likeness (QED) is 0.820. The Morgan fingerprint density at radius 2 is 1.76 bits per heavy atom. The third-order valence-electron chi connectivity index (χ3n) is 5.96. The molecular formula is C24H31N3O2. The minimum atomic E-state index is -0.224. The number of nitrogens with one attached hydrogen (secondary N) is 1. The number of amides is 1. The summed E-state index contributed by atoms with van der Waals surface area (Å²) in [7, 11) is 0. The van der Waals surface area contributed by atoms with Crippen LogP contribution in [0, 0.1) is 0 Å². The molecule has 0 unspecified atom stereocenters. The van der Waals surface area contributed by atoms with Gasteiger partial charge in [-0.05, 0) is 42.5 Å². The highest BCUT2D eigenvalue weighted by Crippen LogP contribution is 2.27. The maximum absolute atomic E-state index is 13.1. The molecule has 0 spiro atoms. The number of rotatable bonds is 6. The first kappa shape index (κ1) is 20.1. The van der Waals surface area contributed by atoms with Crippen LogP contribution in [0.1, 0.15) is 30.0 Å². The number of morpholine rings is 1. The number of para-hydroxylation sites is 1. The highest BCUT2D eigenvalue weighted by Gasteiger charge is 2.26. The van der Waals surface area contributed by atoms with Gasteiger partial charge in [-0.2, -0.15) is 0 Å². The number of hydrogen-bond donors (Lipinski definition) is 1. The van der Waals surface area contributed by atoms with Crippen molar-refractivity contribution in [3.8, 4) is 0 Å². The Labute approximate surface area is 173 Å². The van der Waals surface area contributed by atoms with Gasteiger partial charge in [-0.25, -0.2) is 0 Å². The number of ether oxygens (including phenoxy) is 1. The highest BCUT2D eigenvalue weighted by molar-refractivity contribution is 5.98. The topological polar surface area (TPSA) is 44.8 Å². The average Bonchev–Trinajstić information content (AvgIpc) is 2.78. The van der Waals surface area contributed by atoms with Crippen LogP contribution in [0.5, 0.6) is 0 Å². The molecule has 2 aliphatic heterocycles. The number of nitrogens with zero attached hydrogens (tertiary/aromatic N) is 2. The monoisotopic (exact) mass is 393 g/mol. The maximum atomic E-state index is 13.1. The van der Waals surface area contributed by atoms with E-state index in [0.717, 1.165) is 57.9 Å². The Kier molecular flexibility index (Phi) is 6.60. The molecule has 2 aromatic carbocycles. The van der Waals surface area contributed by atoms with Gasteiger partial charge in [0.25, 0.3) is 0 Å². The Morgan fingerprint density at radius 3 is 2.59 bits per heavy atom. The molecule has 0 saturated carbocycles. The number of fused-ring (bicyclic) bond motifs is 1. The molecule has 0 aliphatic carbocycles. The fraction of sp³-hybridized carbons (Fsp3) is 0.458. The molecule has 4 rings (SSSR count). The van der Waals surface area contributed by atoms with Crippen molar-refractivity contribution in [2.24, 2.45) is 0 Å². The van der Waals surface area contributed by atoms with Crippen molar-refractivity contribution in [3.05, 3.63) is 65.2 Å². The number of hydrogen-bond acceptors (Lipinski definition) is 4. The van der Waals surface area contributed by atoms with E-state index in [4.69, 9.17) is 4.74 Å². The zero-order valence-electron chi connectivity index (χ0n) is 17.3. The van der Waals surface area contributed by atoms with Crippen LogP contribution in [0.3, 0.4) is 0 Å². The lowest BCUT2D eigenvalue weighted by atomic mass is 10.0. The van der Waals surface area contributed by atoms with E-state index in [1.165, 1.54) is 16.7 Å². The summed E-state index contributed by atoms with van der Waals surface area (Å²) in [5, 5.41) is 3.47. The zero-order chi connectivity index (χ0) is 20.1. The van der Waals surface area contributed by atoms with E-state index in [1.54, 1.807) is 0 Å². The van der Waals surface area contributed by atoms with Crippen LogP contribution < -0.4 is 10.2 Å². The standard InChI is InChI=1S/C24H31N3O2/c1-19(24(28)27-12-6-10-20-7-4-5-11-23(20)27)25-17-21-8-2-3-9-22(21)18-26-13-15-29-16-14-26/h2-5,7-9,11,19,25H,6,10,12-18H2,1H3/t19-/m1/s1. The minimum absolute atomic E-state index is 0.155. The van der Waals surface area contributed by atoms with E-state index in [0.29, 0.717) is 6.54 Å². The van der Waals surface area contributed by atoms with Gasteiger partial charge < -0.3 is 15.0 Å². The molecule has 5 nitrogen and oxygen atoms in total. The molecule has 154 valence electrons. The first-order chi connectivity index (χ1) is 14.2. The van der Waals surface area contributed by atoms with Crippen LogP contribution >= 0.6 is 0 Å². The Hall–Kier alpha value is -2.21. The molecule has 1 N–H and O–H groups in total. The lowest BCUT2D eigenvalue weighted by Gasteiger charge is -2.32. The van der Waals surface area contributed by atoms with Gasteiger partial charge >= 0.3 is 0 Å². The number of carbonyl (C=O) groups is 1. The fourth-order valence-electron chi connectivity index (χ4n) is 4.23. The molecule has 2 aliphatic rings. The summed E-state index contributed by atoms with van der Waals surface area (Å²) in [5.41, 5.74) is 4.93. The molecule has 0 aromatic heterocycles. The summed E-state index contributed by atoms with van der Waals surface area (Å²) >= 11 is 0. The molecule has 1 fully saturated rings. The SMILES string of the molecule is C[C@@H](NCc1ccccc1CN1CCOCC1)C(=O)N1CCCc2ccccc21. The van der Waals surface area contributed by atoms with Crippen molar-refractivity contribution < 1.29 is 9.53 Å². The molecule has 1 amide bonds. The van der Waals surface area contributed by atoms with E-state index >= 15 is 0 Å². The molecule has 1 saturated heterocycles. The molecule has 5 heteroatoms. The average molecular weight is 394 g/mol. The Morgan fingerprint density at radius 1 is 1.03 bits per heavy atom. The van der Waals surface area contributed by atoms with E-state index in [1.807, 2.05) is 17.9 Å². The van der Waals surface area contributed by atoms with E-state index < -0.39 is 0 Å². The van der Waals surface area contributed by atoms with E-state index in [2.05, 4.69) is 52.7 Å². The van der Waals surface area contributed by atoms with Gasteiger partial charge in [0.05, 0.1) is 19.3 Å². The van der Waals surface area contributed by atoms with Gasteiger partial charge in [0.2, 0.25) is 5.91 Å². The summed E-state index contributed by atoms with van der Waals surface area (Å²) in [4.78, 5) is 17.5. The minimum Gasteiger partial charge on any atom is -0.379 e. The Balaban J connectivity index is 1.39. The highest BCUT2D eigenvalue weighted by atomic mass is 16.5. The van der Waals surface area contributed by atoms with Crippen molar-refractivity contribution >= 4 is 11.6 Å². The first-order valence-corrected chi connectivity index (χ1v) is 10.7. The molecule has 2 aromatic rings. The van der Waals surface area contributed by atoms with Crippen molar-refractivity contribution in [1.82, 2.24) is 10.2 Å². The van der Waals surface area contributed by atoms with Gasteiger partial charge in [0.1, 0.15) is 0 Å². The smallest absolute Gasteiger partial charge is 0.243 e. The van der Waals surface area contributed by atoms with Crippen LogP contribution in [0.4, 0.5) is 5.69 Å². The summed E-state index contributed by atoms with van der Waals surface area (Å²) in [6.45, 7) is 7.98. The number of aryl methyl sites for hydroxylation is 1. The van der Waals surface area contributed by atoms with E-state index in [9.17, 15) is 4.79 Å². The second-order valence-corrected chi connectivity index (χ2v) is 7.98. The number of anilines is 1. The predicted molar refractivity (Wildman–Crippen MR) is 116 cm³/mol. The summed E-state index contributed by atoms with van der Waals surface area (Å²) in [6.07, 6.45) is 2.08. The zero-order valence-corrected chi connectivity index (χ0v) is 17.3. The molecule has 0 radical (unpaired) electrons. The molecule has 1 atom stereocenters. The molecular weight excluding hydrogens is 362 g/mol. The van der Waals surface area contributed by atoms with Crippen molar-refractivity contribution in [1.29, 1.82) is 0 Å². The third-order valence-corrected chi connectivity index (χ3v) is 5.96. The van der Waals surface area contributed by atoms with Crippen molar-refractivity contribution in [2.45, 2.75) is 38.9 Å². The molecule has 29 heavy (non-hydrogen) atoms. The molecule has 0 bridgehead atoms. The lowest BCUT2D eigenvalue weighted by Crippen LogP contribution is -2.46. The Bertz CT molecular complexity index is 832. The second kappa shape index (κ2) is 9.53. The lowest BCUT2D eigenvalue weighted by molar-refractivity contribution is -0.120. The largest absolute Gasteiger partial charge is 0.379 e. The van der Waals surface area contributed by atoms with Crippen LogP contribution in [0.25, 0.3) is 0 Å². The van der Waals surface area contributed by atoms with Crippen molar-refractivity contribution in [2.75, 3.05) is 37.7 Å². The summed E-state index contributed by atoms with van der Waals surface area (Å²) < 4.78 is 5.46. The predicted octanol–water partition coefficient (Wildman–Crippen LogP) is 2.98. The number of benzene rings is 2. The fourth-order valence-corrected chi connectivity index (χ4v) is 4.23. The second-order valence-electron chi connectivity index (χ2n) is 7.98. The molecule has 2 heterocycles. The third kappa shape index (κ3) is 4.86. The summed E-state index contributed by atoms with van der Waals surface area (Å²) in [6, 6.07) is 16.6. The first-order valence-electron chi connectivity index (χ1n) is 10.7.